The molecule has 4 aliphatic rings. The van der Waals surface area contributed by atoms with Crippen molar-refractivity contribution in [1.82, 2.24) is 5.06 Å². The van der Waals surface area contributed by atoms with Crippen molar-refractivity contribution in [2.75, 3.05) is 5.08 Å². The van der Waals surface area contributed by atoms with Crippen LogP contribution in [0.3, 0.4) is 0 Å². The molecule has 4 aliphatic heterocycles. The van der Waals surface area contributed by atoms with E-state index in [0.29, 0.717) is 29.9 Å². The van der Waals surface area contributed by atoms with Crippen molar-refractivity contribution < 1.29 is 5.21 Å². The number of hydrogen-bond acceptors (Lipinski definition) is 5. The fraction of sp³-hybridized carbons (Fsp3) is 0.538. The molecule has 0 saturated carbocycles. The van der Waals surface area contributed by atoms with E-state index in [1.807, 2.05) is 47.0 Å². The van der Waals surface area contributed by atoms with E-state index >= 15 is 0 Å². The maximum atomic E-state index is 12.6. The van der Waals surface area contributed by atoms with Gasteiger partial charge in [0.05, 0.1) is 0 Å². The molecule has 0 fully saturated rings. The summed E-state index contributed by atoms with van der Waals surface area (Å²) in [6.45, 7) is 8.42. The first-order valence-corrected chi connectivity index (χ1v) is 13.5. The third-order valence-electron chi connectivity index (χ3n) is 3.81. The zero-order chi connectivity index (χ0) is 15.0. The Morgan fingerprint density at radius 3 is 1.86 bits per heavy atom. The van der Waals surface area contributed by atoms with Gasteiger partial charge in [0, 0.05) is 0 Å². The van der Waals surface area contributed by atoms with Gasteiger partial charge in [-0.05, 0) is 0 Å². The van der Waals surface area contributed by atoms with E-state index < -0.39 is 0 Å². The Kier molecular flexibility index (Phi) is 4.04. The van der Waals surface area contributed by atoms with Crippen LogP contribution in [0.1, 0.15) is 27.7 Å². The Morgan fingerprint density at radius 2 is 1.38 bits per heavy atom. The van der Waals surface area contributed by atoms with E-state index in [9.17, 15) is 5.21 Å². The van der Waals surface area contributed by atoms with Crippen LogP contribution in [0, 0.1) is 0 Å². The SMILES string of the molecule is CC1(C)C2=C([Se]C(=C3SC4=C(SCS4)S3)[Se]2)C(C)(C)N1[O]. The van der Waals surface area contributed by atoms with E-state index in [-0.39, 0.29) is 11.1 Å². The first-order chi connectivity index (χ1) is 9.81. The summed E-state index contributed by atoms with van der Waals surface area (Å²) in [6.07, 6.45) is 0. The number of hydrogen-bond donors (Lipinski definition) is 0. The van der Waals surface area contributed by atoms with Crippen LogP contribution in [0.4, 0.5) is 0 Å². The van der Waals surface area contributed by atoms with Crippen molar-refractivity contribution in [3.63, 3.8) is 0 Å². The zero-order valence-corrected chi connectivity index (χ0v) is 18.7. The number of hydroxylamine groups is 2. The van der Waals surface area contributed by atoms with Crippen LogP contribution in [0.2, 0.25) is 0 Å². The van der Waals surface area contributed by atoms with Crippen molar-refractivity contribution in [2.45, 2.75) is 38.8 Å². The first-order valence-electron chi connectivity index (χ1n) is 6.50. The molecule has 0 aromatic heterocycles. The Balaban J connectivity index is 1.64. The Hall–Kier alpha value is 1.58. The molecule has 2 nitrogen and oxygen atoms in total. The summed E-state index contributed by atoms with van der Waals surface area (Å²) < 4.78 is 9.18. The van der Waals surface area contributed by atoms with Crippen molar-refractivity contribution >= 4 is 77.0 Å². The van der Waals surface area contributed by atoms with Crippen molar-refractivity contribution in [3.05, 3.63) is 25.0 Å². The molecule has 21 heavy (non-hydrogen) atoms. The summed E-state index contributed by atoms with van der Waals surface area (Å²) in [5.41, 5.74) is -0.618. The number of rotatable bonds is 0. The van der Waals surface area contributed by atoms with Crippen LogP contribution >= 0.6 is 47.0 Å². The van der Waals surface area contributed by atoms with Crippen LogP contribution in [0.25, 0.3) is 0 Å². The molecule has 8 heteroatoms. The summed E-state index contributed by atoms with van der Waals surface area (Å²) in [5, 5.41) is 15.1. The maximum absolute atomic E-state index is 12.6. The van der Waals surface area contributed by atoms with Gasteiger partial charge in [-0.1, -0.05) is 0 Å². The fourth-order valence-corrected chi connectivity index (χ4v) is 17.9. The third kappa shape index (κ3) is 2.33. The minimum atomic E-state index is -0.309. The van der Waals surface area contributed by atoms with Crippen molar-refractivity contribution in [3.8, 4) is 0 Å². The normalized spacial score (nSPS) is 30.7. The molecular formula is C13H14NOS4Se2. The van der Waals surface area contributed by atoms with Crippen LogP contribution in [-0.4, -0.2) is 51.1 Å². The molecule has 0 unspecified atom stereocenters. The molecule has 0 spiro atoms. The monoisotopic (exact) mass is 488 g/mol. The summed E-state index contributed by atoms with van der Waals surface area (Å²) in [7, 11) is 0. The molecule has 113 valence electrons. The van der Waals surface area contributed by atoms with E-state index in [2.05, 4.69) is 27.7 Å². The van der Waals surface area contributed by atoms with Gasteiger partial charge in [0.2, 0.25) is 0 Å². The minimum absolute atomic E-state index is 0.309. The molecule has 0 N–H and O–H groups in total. The van der Waals surface area contributed by atoms with Crippen molar-refractivity contribution in [2.24, 2.45) is 0 Å². The van der Waals surface area contributed by atoms with Gasteiger partial charge in [-0.2, -0.15) is 0 Å². The second-order valence-corrected chi connectivity index (χ2v) is 16.8. The first kappa shape index (κ1) is 16.1. The van der Waals surface area contributed by atoms with Crippen LogP contribution in [-0.2, 0) is 5.21 Å². The van der Waals surface area contributed by atoms with E-state index in [0.717, 1.165) is 0 Å². The predicted octanol–water partition coefficient (Wildman–Crippen LogP) is 4.01. The van der Waals surface area contributed by atoms with Gasteiger partial charge in [0.1, 0.15) is 0 Å². The van der Waals surface area contributed by atoms with Gasteiger partial charge in [0.15, 0.2) is 0 Å². The van der Waals surface area contributed by atoms with E-state index in [1.165, 1.54) is 31.8 Å². The van der Waals surface area contributed by atoms with Gasteiger partial charge in [-0.3, -0.25) is 0 Å². The molecule has 0 saturated heterocycles. The van der Waals surface area contributed by atoms with Gasteiger partial charge < -0.3 is 0 Å². The zero-order valence-electron chi connectivity index (χ0n) is 12.0. The number of thioether (sulfide) groups is 4. The second kappa shape index (κ2) is 5.29. The average Bonchev–Trinajstić information content (AvgIpc) is 3.11. The molecule has 4 rings (SSSR count). The molecule has 4 heterocycles. The average molecular weight is 486 g/mol. The van der Waals surface area contributed by atoms with Crippen LogP contribution < -0.4 is 0 Å². The Bertz CT molecular complexity index is 590. The molecule has 1 radical (unpaired) electrons. The molecule has 0 aromatic rings. The van der Waals surface area contributed by atoms with Gasteiger partial charge in [-0.15, -0.1) is 0 Å². The molecule has 0 bridgehead atoms. The van der Waals surface area contributed by atoms with Gasteiger partial charge >= 0.3 is 156 Å². The predicted molar refractivity (Wildman–Crippen MR) is 98.5 cm³/mol. The molecule has 0 atom stereocenters. The third-order valence-corrected chi connectivity index (χ3v) is 18.5. The molecule has 0 amide bonds. The van der Waals surface area contributed by atoms with Crippen LogP contribution in [0.15, 0.2) is 25.0 Å². The fourth-order valence-electron chi connectivity index (χ4n) is 2.74. The van der Waals surface area contributed by atoms with Gasteiger partial charge in [0.25, 0.3) is 0 Å². The number of nitrogens with zero attached hydrogens (tertiary/aromatic N) is 1. The summed E-state index contributed by atoms with van der Waals surface area (Å²) in [6, 6.07) is 0. The second-order valence-electron chi connectivity index (χ2n) is 6.04. The quantitative estimate of drug-likeness (QED) is 0.482. The van der Waals surface area contributed by atoms with Gasteiger partial charge in [-0.25, -0.2) is 0 Å². The molecule has 0 aromatic carbocycles. The standard InChI is InChI=1S/C13H14NOS4Se2/c1-12(2)6-7(13(3,4)14(12)15)21-11(20-6)10-18-8-9(19-10)17-5-16-8/h5H2,1-4H3. The van der Waals surface area contributed by atoms with E-state index in [4.69, 9.17) is 0 Å². The Labute approximate surface area is 155 Å². The van der Waals surface area contributed by atoms with Crippen molar-refractivity contribution in [1.29, 1.82) is 0 Å². The summed E-state index contributed by atoms with van der Waals surface area (Å²) in [4.78, 5) is 0. The van der Waals surface area contributed by atoms with E-state index in [1.54, 1.807) is 3.37 Å². The summed E-state index contributed by atoms with van der Waals surface area (Å²) in [5.74, 6) is 0. The molecular weight excluding hydrogens is 472 g/mol. The Morgan fingerprint density at radius 1 is 0.905 bits per heavy atom. The molecule has 0 aliphatic carbocycles. The van der Waals surface area contributed by atoms with Crippen LogP contribution in [0.5, 0.6) is 0 Å². The summed E-state index contributed by atoms with van der Waals surface area (Å²) >= 11 is 8.72. The topological polar surface area (TPSA) is 23.1 Å².